The zero-order valence-corrected chi connectivity index (χ0v) is 26.1. The number of fused-ring (bicyclic) bond motifs is 1. The number of nitrogens with one attached hydrogen (secondary N) is 2. The van der Waals surface area contributed by atoms with Crippen molar-refractivity contribution in [3.8, 4) is 5.88 Å². The van der Waals surface area contributed by atoms with Crippen LogP contribution in [-0.4, -0.2) is 84.8 Å². The Morgan fingerprint density at radius 3 is 2.43 bits per heavy atom. The number of rotatable bonds is 11. The second-order valence-electron chi connectivity index (χ2n) is 9.89. The van der Waals surface area contributed by atoms with E-state index in [4.69, 9.17) is 35.7 Å². The molecule has 1 aliphatic carbocycles. The highest BCUT2D eigenvalue weighted by Crippen LogP contribution is 2.34. The fourth-order valence-electron chi connectivity index (χ4n) is 4.91. The molecule has 3 heterocycles. The lowest BCUT2D eigenvalue weighted by Gasteiger charge is -2.34. The van der Waals surface area contributed by atoms with E-state index in [9.17, 15) is 18.7 Å². The van der Waals surface area contributed by atoms with Gasteiger partial charge in [0, 0.05) is 18.2 Å². The number of aliphatic hydroxyl groups excluding tert-OH is 2. The molecule has 14 heteroatoms. The van der Waals surface area contributed by atoms with Crippen LogP contribution in [0.5, 0.6) is 5.88 Å². The molecule has 0 bridgehead atoms. The minimum Gasteiger partial charge on any atom is -0.471 e. The van der Waals surface area contributed by atoms with Gasteiger partial charge < -0.3 is 39.8 Å². The Morgan fingerprint density at radius 2 is 1.80 bits per heavy atom. The van der Waals surface area contributed by atoms with Gasteiger partial charge in [0.2, 0.25) is 5.88 Å². The Balaban J connectivity index is 0.00000127. The monoisotopic (exact) mass is 642 g/mol. The van der Waals surface area contributed by atoms with Gasteiger partial charge in [0.05, 0.1) is 24.5 Å². The van der Waals surface area contributed by atoms with E-state index in [1.807, 2.05) is 27.7 Å². The molecule has 2 aromatic rings. The highest BCUT2D eigenvalue weighted by Gasteiger charge is 2.47. The molecule has 244 valence electrons. The molecule has 1 aromatic heterocycles. The van der Waals surface area contributed by atoms with Crippen molar-refractivity contribution < 1.29 is 42.7 Å². The molecule has 1 saturated carbocycles. The van der Waals surface area contributed by atoms with E-state index >= 15 is 0 Å². The molecule has 0 spiro atoms. The third-order valence-electron chi connectivity index (χ3n) is 7.20. The third-order valence-corrected chi connectivity index (χ3v) is 7.47. The van der Waals surface area contributed by atoms with Gasteiger partial charge in [-0.1, -0.05) is 39.3 Å². The molecular weight excluding hydrogens is 602 g/mol. The maximum Gasteiger partial charge on any atom is 0.251 e. The van der Waals surface area contributed by atoms with Crippen molar-refractivity contribution in [3.63, 3.8) is 0 Å². The molecule has 0 radical (unpaired) electrons. The van der Waals surface area contributed by atoms with Crippen LogP contribution >= 0.6 is 11.6 Å². The lowest BCUT2D eigenvalue weighted by molar-refractivity contribution is -0.0311. The van der Waals surface area contributed by atoms with E-state index in [0.717, 1.165) is 12.1 Å². The lowest BCUT2D eigenvalue weighted by Crippen LogP contribution is -2.45. The topological polar surface area (TPSA) is 144 Å². The molecule has 5 rings (SSSR count). The Hall–Kier alpha value is -2.94. The fraction of sp³-hybridized carbons (Fsp3) is 0.567. The van der Waals surface area contributed by atoms with Gasteiger partial charge in [-0.25, -0.2) is 13.8 Å². The number of benzene rings is 1. The lowest BCUT2D eigenvalue weighted by atomic mass is 9.81. The van der Waals surface area contributed by atoms with Crippen LogP contribution in [0.1, 0.15) is 56.5 Å². The van der Waals surface area contributed by atoms with Crippen LogP contribution in [0, 0.1) is 17.6 Å². The fourth-order valence-corrected chi connectivity index (χ4v) is 5.12. The number of carbonyl (C=O) groups is 1. The summed E-state index contributed by atoms with van der Waals surface area (Å²) in [5, 5.41) is 24.7. The van der Waals surface area contributed by atoms with E-state index in [2.05, 4.69) is 27.3 Å². The molecule has 44 heavy (non-hydrogen) atoms. The van der Waals surface area contributed by atoms with E-state index < -0.39 is 41.9 Å². The maximum atomic E-state index is 14.7. The molecule has 1 unspecified atom stereocenters. The third kappa shape index (κ3) is 8.40. The van der Waals surface area contributed by atoms with Gasteiger partial charge in [0.25, 0.3) is 5.91 Å². The molecule has 2 saturated heterocycles. The standard InChI is InChI=1S/C26H29ClF2N4O7.2C2H6/c1-30-24-19(31-11-40-21-10-38-22-20(35)9-37-23(21)22)6-16(27)26(33-24)39-8-15-17(28)4-13(5-18(15)29)25(36)32-14-2-12(3-14)7-34;2*1-2/h4-6,12,14,20-23,31,34-35H,1-3,7-11H2,(H,32,36);2*1-2H3/t12?,14?,20-,21-,22?,23-;;/m1../s1. The number of hydrogen-bond acceptors (Lipinski definition) is 10. The number of halogens is 3. The predicted molar refractivity (Wildman–Crippen MR) is 162 cm³/mol. The number of aromatic nitrogens is 1. The summed E-state index contributed by atoms with van der Waals surface area (Å²) < 4.78 is 51.8. The van der Waals surface area contributed by atoms with Gasteiger partial charge in [0.15, 0.2) is 5.82 Å². The van der Waals surface area contributed by atoms with E-state index in [0.29, 0.717) is 18.5 Å². The van der Waals surface area contributed by atoms with Crippen LogP contribution in [0.4, 0.5) is 20.3 Å². The zero-order chi connectivity index (χ0) is 32.4. The largest absolute Gasteiger partial charge is 0.471 e. The van der Waals surface area contributed by atoms with Gasteiger partial charge in [-0.05, 0) is 43.7 Å². The smallest absolute Gasteiger partial charge is 0.251 e. The van der Waals surface area contributed by atoms with Crippen LogP contribution in [0.25, 0.3) is 0 Å². The number of carbonyl (C=O) groups excluding carboxylic acids is 1. The van der Waals surface area contributed by atoms with E-state index in [1.54, 1.807) is 0 Å². The van der Waals surface area contributed by atoms with Crippen LogP contribution in [0.15, 0.2) is 23.2 Å². The van der Waals surface area contributed by atoms with Crippen LogP contribution in [0.3, 0.4) is 0 Å². The zero-order valence-electron chi connectivity index (χ0n) is 25.3. The molecule has 3 fully saturated rings. The normalized spacial score (nSPS) is 24.9. The van der Waals surface area contributed by atoms with E-state index in [1.165, 1.54) is 6.07 Å². The van der Waals surface area contributed by atoms with Crippen molar-refractivity contribution in [2.75, 3.05) is 31.9 Å². The molecule has 1 aromatic carbocycles. The Kier molecular flexibility index (Phi) is 13.7. The first kappa shape index (κ1) is 35.5. The number of ether oxygens (including phenoxy) is 4. The summed E-state index contributed by atoms with van der Waals surface area (Å²) in [6.45, 7) is 11.5. The molecule has 11 nitrogen and oxygen atoms in total. The second-order valence-corrected chi connectivity index (χ2v) is 10.3. The quantitative estimate of drug-likeness (QED) is 0.207. The number of pyridine rings is 1. The molecule has 2 aliphatic heterocycles. The number of anilines is 1. The van der Waals surface area contributed by atoms with Crippen LogP contribution < -0.4 is 15.4 Å². The van der Waals surface area contributed by atoms with Gasteiger partial charge in [-0.2, -0.15) is 4.98 Å². The maximum absolute atomic E-state index is 14.7. The Morgan fingerprint density at radius 1 is 1.14 bits per heavy atom. The van der Waals surface area contributed by atoms with Crippen molar-refractivity contribution in [1.82, 2.24) is 10.3 Å². The van der Waals surface area contributed by atoms with Crippen molar-refractivity contribution in [3.05, 3.63) is 46.0 Å². The van der Waals surface area contributed by atoms with Gasteiger partial charge in [-0.15, -0.1) is 0 Å². The summed E-state index contributed by atoms with van der Waals surface area (Å²) in [6, 6.07) is 3.20. The first-order chi connectivity index (χ1) is 21.3. The summed E-state index contributed by atoms with van der Waals surface area (Å²) in [6.07, 6.45) is -0.606. The number of amides is 1. The summed E-state index contributed by atoms with van der Waals surface area (Å²) >= 11 is 6.30. The average Bonchev–Trinajstić information content (AvgIpc) is 3.59. The summed E-state index contributed by atoms with van der Waals surface area (Å²) in [5.74, 6) is -2.40. The molecule has 3 aliphatic rings. The van der Waals surface area contributed by atoms with Crippen LogP contribution in [0.2, 0.25) is 5.02 Å². The van der Waals surface area contributed by atoms with Gasteiger partial charge in [0.1, 0.15) is 54.4 Å². The summed E-state index contributed by atoms with van der Waals surface area (Å²) in [4.78, 5) is 20.4. The minimum atomic E-state index is -0.961. The van der Waals surface area contributed by atoms with Gasteiger partial charge in [-0.3, -0.25) is 4.79 Å². The number of hydrogen-bond donors (Lipinski definition) is 4. The molecular formula is C30H41ClF2N4O7. The SMILES string of the molecule is C=Nc1nc(OCc2c(F)cc(C(=O)NC3CC(CO)C3)cc2F)c(Cl)cc1NCO[C@@H]1COC2[C@H](O)CO[C@@H]21.CC.CC. The van der Waals surface area contributed by atoms with Crippen molar-refractivity contribution in [1.29, 1.82) is 0 Å². The van der Waals surface area contributed by atoms with Crippen molar-refractivity contribution >= 4 is 35.7 Å². The highest BCUT2D eigenvalue weighted by atomic mass is 35.5. The molecule has 4 N–H and O–H groups in total. The highest BCUT2D eigenvalue weighted by molar-refractivity contribution is 6.32. The molecule has 4 atom stereocenters. The predicted octanol–water partition coefficient (Wildman–Crippen LogP) is 4.39. The minimum absolute atomic E-state index is 0.0244. The van der Waals surface area contributed by atoms with E-state index in [-0.39, 0.29) is 73.0 Å². The first-order valence-corrected chi connectivity index (χ1v) is 15.1. The number of nitrogens with zero attached hydrogens (tertiary/aromatic N) is 2. The number of aliphatic imine (C=N–C) groups is 1. The van der Waals surface area contributed by atoms with Crippen molar-refractivity contribution in [2.45, 2.75) is 77.6 Å². The van der Waals surface area contributed by atoms with Crippen LogP contribution in [-0.2, 0) is 20.8 Å². The summed E-state index contributed by atoms with van der Waals surface area (Å²) in [5.41, 5.74) is -0.188. The Bertz CT molecular complexity index is 1250. The average molecular weight is 643 g/mol. The molecule has 1 amide bonds. The second kappa shape index (κ2) is 16.9. The Labute approximate surface area is 260 Å². The van der Waals surface area contributed by atoms with Gasteiger partial charge >= 0.3 is 0 Å². The van der Waals surface area contributed by atoms with Crippen molar-refractivity contribution in [2.24, 2.45) is 10.9 Å². The number of aliphatic hydroxyl groups is 2. The first-order valence-electron chi connectivity index (χ1n) is 14.7. The summed E-state index contributed by atoms with van der Waals surface area (Å²) in [7, 11) is 0.